The first-order valence-corrected chi connectivity index (χ1v) is 4.79. The number of nitrogens with one attached hydrogen (secondary N) is 1. The van der Waals surface area contributed by atoms with Crippen molar-refractivity contribution >= 4 is 11.9 Å². The van der Waals surface area contributed by atoms with Gasteiger partial charge >= 0.3 is 5.97 Å². The molecule has 0 aromatic rings. The van der Waals surface area contributed by atoms with Crippen LogP contribution in [0.4, 0.5) is 0 Å². The smallest absolute Gasteiger partial charge is 0.334 e. The largest absolute Gasteiger partial charge is 0.479 e. The first-order chi connectivity index (χ1) is 6.81. The van der Waals surface area contributed by atoms with E-state index in [0.717, 1.165) is 6.42 Å². The molecule has 6 nitrogen and oxygen atoms in total. The van der Waals surface area contributed by atoms with Crippen LogP contribution < -0.4 is 11.1 Å². The molecule has 0 saturated heterocycles. The van der Waals surface area contributed by atoms with Gasteiger partial charge in [-0.25, -0.2) is 4.79 Å². The number of nitrogens with two attached hydrogens (primary N) is 1. The van der Waals surface area contributed by atoms with Crippen molar-refractivity contribution in [2.45, 2.75) is 38.3 Å². The molecule has 0 aromatic heterocycles. The molecule has 0 fully saturated rings. The Balaban J connectivity index is 4.08. The average molecular weight is 218 g/mol. The molecule has 0 spiro atoms. The molecular formula is C9H18N2O4. The minimum absolute atomic E-state index is 0.329. The zero-order chi connectivity index (χ0) is 12.1. The summed E-state index contributed by atoms with van der Waals surface area (Å²) in [6.07, 6.45) is -0.337. The van der Waals surface area contributed by atoms with E-state index in [1.807, 2.05) is 6.92 Å². The van der Waals surface area contributed by atoms with Gasteiger partial charge in [-0.1, -0.05) is 13.3 Å². The summed E-state index contributed by atoms with van der Waals surface area (Å²) >= 11 is 0. The molecule has 2 unspecified atom stereocenters. The van der Waals surface area contributed by atoms with E-state index in [-0.39, 0.29) is 6.54 Å². The summed E-state index contributed by atoms with van der Waals surface area (Å²) in [7, 11) is 0. The lowest BCUT2D eigenvalue weighted by atomic mass is 9.96. The van der Waals surface area contributed by atoms with Gasteiger partial charge < -0.3 is 21.3 Å². The Labute approximate surface area is 88.5 Å². The van der Waals surface area contributed by atoms with Gasteiger partial charge in [-0.2, -0.15) is 0 Å². The second-order valence-electron chi connectivity index (χ2n) is 3.73. The Morgan fingerprint density at radius 2 is 2.07 bits per heavy atom. The first-order valence-electron chi connectivity index (χ1n) is 4.79. The Bertz CT molecular complexity index is 240. The molecule has 0 aliphatic rings. The summed E-state index contributed by atoms with van der Waals surface area (Å²) in [5.41, 5.74) is 4.67. The van der Waals surface area contributed by atoms with Crippen LogP contribution in [-0.2, 0) is 9.59 Å². The monoisotopic (exact) mass is 218 g/mol. The molecule has 0 saturated carbocycles. The molecule has 0 bridgehead atoms. The van der Waals surface area contributed by atoms with E-state index in [2.05, 4.69) is 5.32 Å². The lowest BCUT2D eigenvalue weighted by Crippen LogP contribution is -2.53. The Morgan fingerprint density at radius 3 is 2.47 bits per heavy atom. The quantitative estimate of drug-likeness (QED) is 0.460. The Hall–Kier alpha value is -1.14. The van der Waals surface area contributed by atoms with Gasteiger partial charge in [0.15, 0.2) is 6.10 Å². The highest BCUT2D eigenvalue weighted by Crippen LogP contribution is 2.08. The molecule has 0 heterocycles. The van der Waals surface area contributed by atoms with E-state index in [4.69, 9.17) is 15.9 Å². The first kappa shape index (κ1) is 13.9. The lowest BCUT2D eigenvalue weighted by Gasteiger charge is -2.23. The third-order valence-corrected chi connectivity index (χ3v) is 2.03. The molecule has 15 heavy (non-hydrogen) atoms. The summed E-state index contributed by atoms with van der Waals surface area (Å²) < 4.78 is 0. The molecule has 2 atom stereocenters. The summed E-state index contributed by atoms with van der Waals surface area (Å²) in [6.45, 7) is 3.13. The van der Waals surface area contributed by atoms with Crippen LogP contribution in [0.2, 0.25) is 0 Å². The van der Waals surface area contributed by atoms with E-state index >= 15 is 0 Å². The fourth-order valence-corrected chi connectivity index (χ4v) is 1.11. The van der Waals surface area contributed by atoms with Gasteiger partial charge in [-0.15, -0.1) is 0 Å². The van der Waals surface area contributed by atoms with Gasteiger partial charge in [0.2, 0.25) is 5.91 Å². The summed E-state index contributed by atoms with van der Waals surface area (Å²) in [5.74, 6) is -1.82. The normalized spacial score (nSPS) is 16.5. The number of carboxylic acid groups (broad SMARTS) is 1. The molecule has 0 radical (unpaired) electrons. The Morgan fingerprint density at radius 1 is 1.53 bits per heavy atom. The molecule has 0 aromatic carbocycles. The number of aliphatic hydroxyl groups excluding tert-OH is 1. The van der Waals surface area contributed by atoms with E-state index < -0.39 is 23.5 Å². The van der Waals surface area contributed by atoms with Gasteiger partial charge in [-0.05, 0) is 13.3 Å². The molecule has 1 amide bonds. The lowest BCUT2D eigenvalue weighted by molar-refractivity contribution is -0.146. The van der Waals surface area contributed by atoms with E-state index in [0.29, 0.717) is 6.42 Å². The van der Waals surface area contributed by atoms with Crippen molar-refractivity contribution < 1.29 is 19.8 Å². The topological polar surface area (TPSA) is 113 Å². The van der Waals surface area contributed by atoms with Crippen molar-refractivity contribution in [3.63, 3.8) is 0 Å². The average Bonchev–Trinajstić information content (AvgIpc) is 2.13. The highest BCUT2D eigenvalue weighted by atomic mass is 16.4. The van der Waals surface area contributed by atoms with E-state index in [9.17, 15) is 9.59 Å². The summed E-state index contributed by atoms with van der Waals surface area (Å²) in [6, 6.07) is 0. The second kappa shape index (κ2) is 5.67. The molecule has 0 rings (SSSR count). The van der Waals surface area contributed by atoms with Crippen LogP contribution in [0.15, 0.2) is 0 Å². The number of carbonyl (C=O) groups excluding carboxylic acids is 1. The SMILES string of the molecule is CCCC(C)(N)C(=O)NCC(O)C(=O)O. The number of hydrogen-bond acceptors (Lipinski definition) is 4. The molecular weight excluding hydrogens is 200 g/mol. The van der Waals surface area contributed by atoms with Crippen LogP contribution >= 0.6 is 0 Å². The minimum atomic E-state index is -1.59. The minimum Gasteiger partial charge on any atom is -0.479 e. The summed E-state index contributed by atoms with van der Waals surface area (Å²) in [5, 5.41) is 19.6. The highest BCUT2D eigenvalue weighted by molar-refractivity contribution is 5.86. The van der Waals surface area contributed by atoms with E-state index in [1.54, 1.807) is 6.92 Å². The van der Waals surface area contributed by atoms with Crippen molar-refractivity contribution in [2.75, 3.05) is 6.54 Å². The second-order valence-corrected chi connectivity index (χ2v) is 3.73. The van der Waals surface area contributed by atoms with Crippen molar-refractivity contribution in [1.82, 2.24) is 5.32 Å². The van der Waals surface area contributed by atoms with Crippen LogP contribution in [0, 0.1) is 0 Å². The van der Waals surface area contributed by atoms with Crippen LogP contribution in [0.5, 0.6) is 0 Å². The fraction of sp³-hybridized carbons (Fsp3) is 0.778. The number of aliphatic hydroxyl groups is 1. The van der Waals surface area contributed by atoms with Crippen LogP contribution in [0.3, 0.4) is 0 Å². The van der Waals surface area contributed by atoms with Crippen molar-refractivity contribution in [2.24, 2.45) is 5.73 Å². The maximum atomic E-state index is 11.4. The number of amides is 1. The number of aliphatic carboxylic acids is 1. The van der Waals surface area contributed by atoms with E-state index in [1.165, 1.54) is 0 Å². The highest BCUT2D eigenvalue weighted by Gasteiger charge is 2.27. The van der Waals surface area contributed by atoms with Crippen molar-refractivity contribution in [3.8, 4) is 0 Å². The third-order valence-electron chi connectivity index (χ3n) is 2.03. The van der Waals surface area contributed by atoms with Gasteiger partial charge in [0.1, 0.15) is 0 Å². The maximum absolute atomic E-state index is 11.4. The van der Waals surface area contributed by atoms with Gasteiger partial charge in [0.25, 0.3) is 0 Å². The zero-order valence-electron chi connectivity index (χ0n) is 8.99. The molecule has 88 valence electrons. The fourth-order valence-electron chi connectivity index (χ4n) is 1.11. The predicted octanol–water partition coefficient (Wildman–Crippen LogP) is -0.934. The van der Waals surface area contributed by atoms with Gasteiger partial charge in [0.05, 0.1) is 12.1 Å². The standard InChI is InChI=1S/C9H18N2O4/c1-3-4-9(2,10)8(15)11-5-6(12)7(13)14/h6,12H,3-5,10H2,1-2H3,(H,11,15)(H,13,14). The number of carboxylic acids is 1. The van der Waals surface area contributed by atoms with Crippen LogP contribution in [-0.4, -0.2) is 40.3 Å². The van der Waals surface area contributed by atoms with Crippen LogP contribution in [0.25, 0.3) is 0 Å². The van der Waals surface area contributed by atoms with Gasteiger partial charge in [0, 0.05) is 0 Å². The van der Waals surface area contributed by atoms with Crippen molar-refractivity contribution in [1.29, 1.82) is 0 Å². The molecule has 0 aliphatic carbocycles. The molecule has 5 N–H and O–H groups in total. The summed E-state index contributed by atoms with van der Waals surface area (Å²) in [4.78, 5) is 21.7. The van der Waals surface area contributed by atoms with Crippen molar-refractivity contribution in [3.05, 3.63) is 0 Å². The maximum Gasteiger partial charge on any atom is 0.334 e. The third kappa shape index (κ3) is 4.75. The number of hydrogen-bond donors (Lipinski definition) is 4. The van der Waals surface area contributed by atoms with Crippen LogP contribution in [0.1, 0.15) is 26.7 Å². The number of rotatable bonds is 6. The zero-order valence-corrected chi connectivity index (χ0v) is 8.99. The number of carbonyl (C=O) groups is 2. The molecule has 0 aliphatic heterocycles. The molecule has 6 heteroatoms. The van der Waals surface area contributed by atoms with Gasteiger partial charge in [-0.3, -0.25) is 4.79 Å². The predicted molar refractivity (Wildman–Crippen MR) is 54.2 cm³/mol. The Kier molecular flexibility index (Phi) is 5.24.